The first-order chi connectivity index (χ1) is 7.72. The Bertz CT molecular complexity index is 338. The van der Waals surface area contributed by atoms with Crippen molar-refractivity contribution in [1.82, 2.24) is 10.7 Å². The Kier molecular flexibility index (Phi) is 5.52. The lowest BCUT2D eigenvalue weighted by Gasteiger charge is -2.13. The molecule has 0 radical (unpaired) electrons. The molecule has 1 atom stereocenters. The van der Waals surface area contributed by atoms with Crippen LogP contribution >= 0.6 is 12.2 Å². The first-order valence-corrected chi connectivity index (χ1v) is 5.25. The van der Waals surface area contributed by atoms with E-state index in [1.54, 1.807) is 31.7 Å². The molecule has 0 bridgehead atoms. The highest BCUT2D eigenvalue weighted by Crippen LogP contribution is 1.94. The van der Waals surface area contributed by atoms with E-state index in [4.69, 9.17) is 21.4 Å². The van der Waals surface area contributed by atoms with Gasteiger partial charge in [0.05, 0.1) is 19.1 Å². The molecule has 6 heteroatoms. The lowest BCUT2D eigenvalue weighted by Crippen LogP contribution is -2.40. The fraction of sp³-hybridized carbons (Fsp3) is 0.400. The molecule has 1 aromatic heterocycles. The lowest BCUT2D eigenvalue weighted by molar-refractivity contribution is 0.179. The molecule has 88 valence electrons. The third-order valence-electron chi connectivity index (χ3n) is 1.70. The molecular weight excluding hydrogens is 226 g/mol. The molecule has 0 aliphatic carbocycles. The van der Waals surface area contributed by atoms with Crippen molar-refractivity contribution in [2.75, 3.05) is 13.7 Å². The van der Waals surface area contributed by atoms with Gasteiger partial charge in [0.15, 0.2) is 5.11 Å². The van der Waals surface area contributed by atoms with Gasteiger partial charge in [-0.05, 0) is 31.3 Å². The van der Waals surface area contributed by atoms with Crippen LogP contribution < -0.4 is 10.7 Å². The quantitative estimate of drug-likeness (QED) is 0.459. The molecule has 0 aliphatic heterocycles. The van der Waals surface area contributed by atoms with Gasteiger partial charge in [-0.2, -0.15) is 5.10 Å². The van der Waals surface area contributed by atoms with E-state index in [9.17, 15) is 0 Å². The van der Waals surface area contributed by atoms with Crippen LogP contribution in [0.15, 0.2) is 27.9 Å². The normalized spacial score (nSPS) is 12.6. The molecule has 2 N–H and O–H groups in total. The van der Waals surface area contributed by atoms with E-state index in [1.807, 2.05) is 6.92 Å². The number of rotatable bonds is 5. The second kappa shape index (κ2) is 6.97. The standard InChI is InChI=1S/C10H15N3O2S/c1-8(7-14-2)12-10(16)13-11-6-9-4-3-5-15-9/h3-6,8H,7H2,1-2H3,(H2,12,13,16)/b11-6-/t8-/m0/s1. The third kappa shape index (κ3) is 4.90. The monoisotopic (exact) mass is 241 g/mol. The summed E-state index contributed by atoms with van der Waals surface area (Å²) >= 11 is 5.02. The maximum absolute atomic E-state index is 5.06. The third-order valence-corrected chi connectivity index (χ3v) is 1.90. The van der Waals surface area contributed by atoms with Crippen molar-refractivity contribution in [2.24, 2.45) is 5.10 Å². The van der Waals surface area contributed by atoms with E-state index in [1.165, 1.54) is 0 Å². The molecule has 1 heterocycles. The van der Waals surface area contributed by atoms with Crippen molar-refractivity contribution in [3.63, 3.8) is 0 Å². The zero-order chi connectivity index (χ0) is 11.8. The van der Waals surface area contributed by atoms with Crippen LogP contribution in [0, 0.1) is 0 Å². The number of furan rings is 1. The molecule has 0 saturated heterocycles. The maximum Gasteiger partial charge on any atom is 0.187 e. The summed E-state index contributed by atoms with van der Waals surface area (Å²) in [5, 5.41) is 7.38. The van der Waals surface area contributed by atoms with Gasteiger partial charge in [0, 0.05) is 13.2 Å². The highest BCUT2D eigenvalue weighted by Gasteiger charge is 2.01. The van der Waals surface area contributed by atoms with Crippen molar-refractivity contribution in [3.05, 3.63) is 24.2 Å². The van der Waals surface area contributed by atoms with Crippen molar-refractivity contribution in [2.45, 2.75) is 13.0 Å². The van der Waals surface area contributed by atoms with Gasteiger partial charge in [0.1, 0.15) is 5.76 Å². The number of nitrogens with zero attached hydrogens (tertiary/aromatic N) is 1. The van der Waals surface area contributed by atoms with Crippen molar-refractivity contribution in [1.29, 1.82) is 0 Å². The summed E-state index contributed by atoms with van der Waals surface area (Å²) in [4.78, 5) is 0. The van der Waals surface area contributed by atoms with Crippen LogP contribution in [0.2, 0.25) is 0 Å². The number of thiocarbonyl (C=S) groups is 1. The van der Waals surface area contributed by atoms with Gasteiger partial charge in [0.25, 0.3) is 0 Å². The summed E-state index contributed by atoms with van der Waals surface area (Å²) in [5.74, 6) is 0.667. The largest absolute Gasteiger partial charge is 0.463 e. The highest BCUT2D eigenvalue weighted by molar-refractivity contribution is 7.80. The zero-order valence-electron chi connectivity index (χ0n) is 9.27. The van der Waals surface area contributed by atoms with E-state index < -0.39 is 0 Å². The molecule has 0 saturated carbocycles. The van der Waals surface area contributed by atoms with Crippen LogP contribution in [-0.4, -0.2) is 31.1 Å². The molecule has 5 nitrogen and oxygen atoms in total. The minimum absolute atomic E-state index is 0.142. The minimum Gasteiger partial charge on any atom is -0.463 e. The van der Waals surface area contributed by atoms with Crippen LogP contribution in [0.1, 0.15) is 12.7 Å². The van der Waals surface area contributed by atoms with E-state index >= 15 is 0 Å². The second-order valence-corrected chi connectivity index (χ2v) is 3.62. The first-order valence-electron chi connectivity index (χ1n) is 4.84. The summed E-state index contributed by atoms with van der Waals surface area (Å²) in [6.07, 6.45) is 3.13. The van der Waals surface area contributed by atoms with E-state index in [-0.39, 0.29) is 6.04 Å². The van der Waals surface area contributed by atoms with Crippen molar-refractivity contribution >= 4 is 23.5 Å². The van der Waals surface area contributed by atoms with Crippen molar-refractivity contribution < 1.29 is 9.15 Å². The van der Waals surface area contributed by atoms with Gasteiger partial charge in [-0.1, -0.05) is 0 Å². The molecular formula is C10H15N3O2S. The molecule has 0 unspecified atom stereocenters. The predicted octanol–water partition coefficient (Wildman–Crippen LogP) is 1.11. The van der Waals surface area contributed by atoms with E-state index in [2.05, 4.69) is 15.8 Å². The number of nitrogens with one attached hydrogen (secondary N) is 2. The average Bonchev–Trinajstić information content (AvgIpc) is 2.70. The SMILES string of the molecule is COC[C@H](C)NC(=S)N/N=C\c1ccco1. The lowest BCUT2D eigenvalue weighted by atomic mass is 10.4. The molecule has 0 spiro atoms. The van der Waals surface area contributed by atoms with Gasteiger partial charge in [-0.25, -0.2) is 0 Å². The summed E-state index contributed by atoms with van der Waals surface area (Å²) in [5.41, 5.74) is 2.68. The number of hydrogen-bond donors (Lipinski definition) is 2. The van der Waals surface area contributed by atoms with E-state index in [0.717, 1.165) is 0 Å². The van der Waals surface area contributed by atoms with Gasteiger partial charge < -0.3 is 14.5 Å². The van der Waals surface area contributed by atoms with Gasteiger partial charge >= 0.3 is 0 Å². The Balaban J connectivity index is 2.25. The Labute approximate surface area is 99.9 Å². The Hall–Kier alpha value is -1.40. The number of ether oxygens (including phenoxy) is 1. The molecule has 0 aliphatic rings. The number of hydrazone groups is 1. The van der Waals surface area contributed by atoms with Crippen LogP contribution in [0.5, 0.6) is 0 Å². The maximum atomic E-state index is 5.06. The average molecular weight is 241 g/mol. The van der Waals surface area contributed by atoms with Crippen LogP contribution in [0.3, 0.4) is 0 Å². The summed E-state index contributed by atoms with van der Waals surface area (Å²) in [6.45, 7) is 2.55. The van der Waals surface area contributed by atoms with Gasteiger partial charge in [0.2, 0.25) is 0 Å². The fourth-order valence-corrected chi connectivity index (χ4v) is 1.32. The minimum atomic E-state index is 0.142. The van der Waals surface area contributed by atoms with Gasteiger partial charge in [-0.15, -0.1) is 0 Å². The van der Waals surface area contributed by atoms with Crippen LogP contribution in [-0.2, 0) is 4.74 Å². The molecule has 0 aromatic carbocycles. The Morgan fingerprint density at radius 3 is 3.19 bits per heavy atom. The second-order valence-electron chi connectivity index (χ2n) is 3.22. The molecule has 16 heavy (non-hydrogen) atoms. The summed E-state index contributed by atoms with van der Waals surface area (Å²) in [6, 6.07) is 3.73. The highest BCUT2D eigenvalue weighted by atomic mass is 32.1. The zero-order valence-corrected chi connectivity index (χ0v) is 10.1. The smallest absolute Gasteiger partial charge is 0.187 e. The number of hydrogen-bond acceptors (Lipinski definition) is 4. The summed E-state index contributed by atoms with van der Waals surface area (Å²) in [7, 11) is 1.64. The molecule has 0 fully saturated rings. The fourth-order valence-electron chi connectivity index (χ4n) is 1.07. The Morgan fingerprint density at radius 2 is 2.56 bits per heavy atom. The van der Waals surface area contributed by atoms with E-state index in [0.29, 0.717) is 17.5 Å². The van der Waals surface area contributed by atoms with Crippen LogP contribution in [0.4, 0.5) is 0 Å². The predicted molar refractivity (Wildman–Crippen MR) is 66.5 cm³/mol. The van der Waals surface area contributed by atoms with Crippen LogP contribution in [0.25, 0.3) is 0 Å². The Morgan fingerprint density at radius 1 is 1.75 bits per heavy atom. The first kappa shape index (κ1) is 12.7. The molecule has 1 rings (SSSR count). The summed E-state index contributed by atoms with van der Waals surface area (Å²) < 4.78 is 10.0. The number of methoxy groups -OCH3 is 1. The topological polar surface area (TPSA) is 58.8 Å². The van der Waals surface area contributed by atoms with Crippen molar-refractivity contribution in [3.8, 4) is 0 Å². The van der Waals surface area contributed by atoms with Gasteiger partial charge in [-0.3, -0.25) is 5.43 Å². The molecule has 1 aromatic rings. The molecule has 0 amide bonds.